The van der Waals surface area contributed by atoms with Crippen LogP contribution in [0.3, 0.4) is 0 Å². The summed E-state index contributed by atoms with van der Waals surface area (Å²) >= 11 is 0. The minimum Gasteiger partial charge on any atom is -0.376 e. The van der Waals surface area contributed by atoms with Crippen LogP contribution in [0.1, 0.15) is 46.4 Å². The molecule has 7 nitrogen and oxygen atoms in total. The third-order valence-electron chi connectivity index (χ3n) is 5.94. The van der Waals surface area contributed by atoms with Crippen molar-refractivity contribution >= 4 is 23.4 Å². The Kier molecular flexibility index (Phi) is 5.67. The normalized spacial score (nSPS) is 24.0. The van der Waals surface area contributed by atoms with Crippen LogP contribution in [-0.2, 0) is 9.53 Å². The van der Waals surface area contributed by atoms with Gasteiger partial charge < -0.3 is 15.0 Å². The lowest BCUT2D eigenvalue weighted by atomic mass is 9.95. The minimum absolute atomic E-state index is 0.00425. The molecule has 3 aliphatic heterocycles. The monoisotopic (exact) mass is 397 g/mol. The molecule has 3 aliphatic rings. The average Bonchev–Trinajstić information content (AvgIpc) is 3.35. The van der Waals surface area contributed by atoms with Gasteiger partial charge in [0.05, 0.1) is 35.4 Å². The molecule has 0 aromatic heterocycles. The fourth-order valence-corrected chi connectivity index (χ4v) is 4.46. The summed E-state index contributed by atoms with van der Waals surface area (Å²) in [6.07, 6.45) is 5.09. The summed E-state index contributed by atoms with van der Waals surface area (Å²) in [5.41, 5.74) is 1.66. The SMILES string of the molecule is C=CCNC(=O)[C@@H]1CCCN(c2cccc3c2C(=O)N(C[C@H]2CCCO2)C3=O)C1. The van der Waals surface area contributed by atoms with Gasteiger partial charge in [-0.1, -0.05) is 12.1 Å². The second kappa shape index (κ2) is 8.37. The third kappa shape index (κ3) is 3.79. The van der Waals surface area contributed by atoms with Crippen molar-refractivity contribution in [2.24, 2.45) is 5.92 Å². The van der Waals surface area contributed by atoms with E-state index in [1.807, 2.05) is 12.1 Å². The van der Waals surface area contributed by atoms with E-state index in [2.05, 4.69) is 16.8 Å². The molecule has 0 unspecified atom stereocenters. The summed E-state index contributed by atoms with van der Waals surface area (Å²) in [5.74, 6) is -0.645. The van der Waals surface area contributed by atoms with E-state index in [4.69, 9.17) is 4.74 Å². The number of imide groups is 1. The minimum atomic E-state index is -0.255. The molecule has 2 fully saturated rings. The van der Waals surface area contributed by atoms with Gasteiger partial charge in [-0.2, -0.15) is 0 Å². The zero-order valence-corrected chi connectivity index (χ0v) is 16.6. The molecule has 1 aromatic rings. The van der Waals surface area contributed by atoms with Gasteiger partial charge in [0.25, 0.3) is 11.8 Å². The maximum Gasteiger partial charge on any atom is 0.263 e. The van der Waals surface area contributed by atoms with Crippen molar-refractivity contribution in [3.63, 3.8) is 0 Å². The highest BCUT2D eigenvalue weighted by atomic mass is 16.5. The molecule has 3 amide bonds. The lowest BCUT2D eigenvalue weighted by molar-refractivity contribution is -0.125. The maximum atomic E-state index is 13.1. The third-order valence-corrected chi connectivity index (χ3v) is 5.94. The molecule has 0 saturated carbocycles. The standard InChI is InChI=1S/C22H27N3O4/c1-2-10-23-20(26)15-6-4-11-24(13-15)18-9-3-8-17-19(18)22(28)25(21(17)27)14-16-7-5-12-29-16/h2-3,8-9,15-16H,1,4-7,10-14H2,(H,23,26)/t15-,16-/m1/s1. The van der Waals surface area contributed by atoms with Crippen LogP contribution in [0.15, 0.2) is 30.9 Å². The van der Waals surface area contributed by atoms with Gasteiger partial charge in [-0.05, 0) is 37.8 Å². The van der Waals surface area contributed by atoms with Crippen LogP contribution in [0, 0.1) is 5.92 Å². The molecule has 4 rings (SSSR count). The van der Waals surface area contributed by atoms with Crippen molar-refractivity contribution in [2.45, 2.75) is 31.8 Å². The Morgan fingerprint density at radius 1 is 1.24 bits per heavy atom. The number of rotatable bonds is 6. The maximum absolute atomic E-state index is 13.1. The van der Waals surface area contributed by atoms with Gasteiger partial charge >= 0.3 is 0 Å². The summed E-state index contributed by atoms with van der Waals surface area (Å²) < 4.78 is 5.62. The first-order valence-corrected chi connectivity index (χ1v) is 10.3. The van der Waals surface area contributed by atoms with Gasteiger partial charge in [0, 0.05) is 26.2 Å². The fraction of sp³-hybridized carbons (Fsp3) is 0.500. The Balaban J connectivity index is 1.55. The summed E-state index contributed by atoms with van der Waals surface area (Å²) in [6, 6.07) is 5.41. The Morgan fingerprint density at radius 2 is 2.10 bits per heavy atom. The van der Waals surface area contributed by atoms with E-state index in [9.17, 15) is 14.4 Å². The number of carbonyl (C=O) groups excluding carboxylic acids is 3. The predicted molar refractivity (Wildman–Crippen MR) is 109 cm³/mol. The molecule has 2 atom stereocenters. The van der Waals surface area contributed by atoms with Gasteiger partial charge in [-0.3, -0.25) is 19.3 Å². The summed E-state index contributed by atoms with van der Waals surface area (Å²) in [5, 5.41) is 2.86. The molecule has 0 aliphatic carbocycles. The zero-order valence-electron chi connectivity index (χ0n) is 16.6. The van der Waals surface area contributed by atoms with E-state index in [0.717, 1.165) is 37.9 Å². The molecular weight excluding hydrogens is 370 g/mol. The molecule has 0 radical (unpaired) electrons. The number of nitrogens with zero attached hydrogens (tertiary/aromatic N) is 2. The number of hydrogen-bond donors (Lipinski definition) is 1. The molecular formula is C22H27N3O4. The molecule has 3 heterocycles. The highest BCUT2D eigenvalue weighted by Crippen LogP contribution is 2.34. The Morgan fingerprint density at radius 3 is 2.86 bits per heavy atom. The van der Waals surface area contributed by atoms with E-state index in [0.29, 0.717) is 37.4 Å². The van der Waals surface area contributed by atoms with E-state index < -0.39 is 0 Å². The molecule has 1 aromatic carbocycles. The first-order valence-electron chi connectivity index (χ1n) is 10.3. The topological polar surface area (TPSA) is 79.0 Å². The van der Waals surface area contributed by atoms with Crippen LogP contribution in [0.4, 0.5) is 5.69 Å². The average molecular weight is 397 g/mol. The molecule has 29 heavy (non-hydrogen) atoms. The molecule has 2 saturated heterocycles. The number of hydrogen-bond acceptors (Lipinski definition) is 5. The summed E-state index contributed by atoms with van der Waals surface area (Å²) in [4.78, 5) is 41.8. The molecule has 1 N–H and O–H groups in total. The zero-order chi connectivity index (χ0) is 20.4. The summed E-state index contributed by atoms with van der Waals surface area (Å²) in [7, 11) is 0. The van der Waals surface area contributed by atoms with E-state index in [-0.39, 0.29) is 29.7 Å². The highest BCUT2D eigenvalue weighted by Gasteiger charge is 2.40. The number of carbonyl (C=O) groups is 3. The second-order valence-corrected chi connectivity index (χ2v) is 7.87. The lowest BCUT2D eigenvalue weighted by Gasteiger charge is -2.34. The van der Waals surface area contributed by atoms with E-state index >= 15 is 0 Å². The second-order valence-electron chi connectivity index (χ2n) is 7.87. The van der Waals surface area contributed by atoms with Crippen LogP contribution < -0.4 is 10.2 Å². The Bertz CT molecular complexity index is 831. The molecule has 7 heteroatoms. The quantitative estimate of drug-likeness (QED) is 0.587. The smallest absolute Gasteiger partial charge is 0.263 e. The Hall–Kier alpha value is -2.67. The van der Waals surface area contributed by atoms with Gasteiger partial charge in [-0.15, -0.1) is 6.58 Å². The van der Waals surface area contributed by atoms with Gasteiger partial charge in [0.2, 0.25) is 5.91 Å². The van der Waals surface area contributed by atoms with Crippen LogP contribution in [0.5, 0.6) is 0 Å². The number of nitrogens with one attached hydrogen (secondary N) is 1. The van der Waals surface area contributed by atoms with Crippen molar-refractivity contribution in [1.82, 2.24) is 10.2 Å². The number of piperidine rings is 1. The lowest BCUT2D eigenvalue weighted by Crippen LogP contribution is -2.43. The fourth-order valence-electron chi connectivity index (χ4n) is 4.46. The van der Waals surface area contributed by atoms with Gasteiger partial charge in [-0.25, -0.2) is 0 Å². The van der Waals surface area contributed by atoms with Crippen molar-refractivity contribution < 1.29 is 19.1 Å². The molecule has 0 spiro atoms. The summed E-state index contributed by atoms with van der Waals surface area (Å²) in [6.45, 7) is 6.36. The number of anilines is 1. The van der Waals surface area contributed by atoms with Gasteiger partial charge in [0.1, 0.15) is 0 Å². The van der Waals surface area contributed by atoms with E-state index in [1.165, 1.54) is 4.90 Å². The largest absolute Gasteiger partial charge is 0.376 e. The van der Waals surface area contributed by atoms with Crippen molar-refractivity contribution in [2.75, 3.05) is 37.7 Å². The first kappa shape index (κ1) is 19.6. The Labute approximate surface area is 170 Å². The molecule has 0 bridgehead atoms. The van der Waals surface area contributed by atoms with Crippen molar-refractivity contribution in [3.05, 3.63) is 42.0 Å². The highest BCUT2D eigenvalue weighted by molar-refractivity contribution is 6.23. The number of benzene rings is 1. The van der Waals surface area contributed by atoms with E-state index in [1.54, 1.807) is 12.1 Å². The van der Waals surface area contributed by atoms with Crippen molar-refractivity contribution in [1.29, 1.82) is 0 Å². The number of ether oxygens (including phenoxy) is 1. The van der Waals surface area contributed by atoms with Crippen LogP contribution >= 0.6 is 0 Å². The first-order chi connectivity index (χ1) is 14.1. The van der Waals surface area contributed by atoms with Crippen molar-refractivity contribution in [3.8, 4) is 0 Å². The van der Waals surface area contributed by atoms with Crippen LogP contribution in [0.2, 0.25) is 0 Å². The molecule has 154 valence electrons. The van der Waals surface area contributed by atoms with Crippen LogP contribution in [-0.4, -0.2) is 61.5 Å². The van der Waals surface area contributed by atoms with Gasteiger partial charge in [0.15, 0.2) is 0 Å². The number of amides is 3. The van der Waals surface area contributed by atoms with Crippen LogP contribution in [0.25, 0.3) is 0 Å². The predicted octanol–water partition coefficient (Wildman–Crippen LogP) is 1.98. The number of fused-ring (bicyclic) bond motifs is 1.